The average Bonchev–Trinajstić information content (AvgIpc) is 3.50. The van der Waals surface area contributed by atoms with Gasteiger partial charge in [-0.05, 0) is 48.2 Å². The zero-order valence-electron chi connectivity index (χ0n) is 17.8. The number of allylic oxidation sites excluding steroid dienone is 7. The molecule has 0 aliphatic heterocycles. The van der Waals surface area contributed by atoms with Gasteiger partial charge in [-0.3, -0.25) is 0 Å². The van der Waals surface area contributed by atoms with Crippen LogP contribution in [0.4, 0.5) is 0 Å². The van der Waals surface area contributed by atoms with Crippen LogP contribution < -0.4 is 9.84 Å². The van der Waals surface area contributed by atoms with Gasteiger partial charge in [0.15, 0.2) is 0 Å². The molecule has 1 aliphatic rings. The summed E-state index contributed by atoms with van der Waals surface area (Å²) in [4.78, 5) is 0. The summed E-state index contributed by atoms with van der Waals surface area (Å²) in [5, 5.41) is 12.7. The van der Waals surface area contributed by atoms with Crippen molar-refractivity contribution in [3.63, 3.8) is 0 Å². The molecule has 0 heterocycles. The fraction of sp³-hybridized carbons (Fsp3) is 0.107. The van der Waals surface area contributed by atoms with Crippen LogP contribution in [0.25, 0.3) is 5.76 Å². The summed E-state index contributed by atoms with van der Waals surface area (Å²) in [6.45, 7) is 4.48. The molecule has 0 bridgehead atoms. The van der Waals surface area contributed by atoms with Crippen LogP contribution in [0.5, 0.6) is 5.75 Å². The Morgan fingerprint density at radius 3 is 2.19 bits per heavy atom. The second-order valence-corrected chi connectivity index (χ2v) is 7.08. The summed E-state index contributed by atoms with van der Waals surface area (Å²) in [5.41, 5.74) is 4.88. The molecule has 4 rings (SSSR count). The maximum atomic E-state index is 12.7. The van der Waals surface area contributed by atoms with Gasteiger partial charge in [0, 0.05) is 5.56 Å². The summed E-state index contributed by atoms with van der Waals surface area (Å²) < 4.78 is 5.96. The first-order chi connectivity index (χ1) is 14.6. The first-order valence-corrected chi connectivity index (χ1v) is 10.0. The van der Waals surface area contributed by atoms with Crippen molar-refractivity contribution in [1.82, 2.24) is 0 Å². The van der Waals surface area contributed by atoms with E-state index in [1.165, 1.54) is 0 Å². The van der Waals surface area contributed by atoms with Gasteiger partial charge in [0.25, 0.3) is 0 Å². The molecule has 158 valence electrons. The Hall–Kier alpha value is -3.13. The van der Waals surface area contributed by atoms with Crippen molar-refractivity contribution in [3.05, 3.63) is 137 Å². The van der Waals surface area contributed by atoms with Crippen LogP contribution in [-0.2, 0) is 23.7 Å². The maximum Gasteiger partial charge on any atom is 2.00 e. The zero-order valence-corrected chi connectivity index (χ0v) is 18.9. The minimum absolute atomic E-state index is 0. The van der Waals surface area contributed by atoms with Crippen LogP contribution in [0.2, 0.25) is 0 Å². The molecule has 1 aliphatic carbocycles. The quantitative estimate of drug-likeness (QED) is 0.270. The van der Waals surface area contributed by atoms with Crippen molar-refractivity contribution in [1.29, 1.82) is 0 Å². The third-order valence-electron chi connectivity index (χ3n) is 4.77. The van der Waals surface area contributed by atoms with E-state index < -0.39 is 0 Å². The van der Waals surface area contributed by atoms with E-state index in [2.05, 4.69) is 0 Å². The van der Waals surface area contributed by atoms with Crippen LogP contribution in [0.1, 0.15) is 22.3 Å². The van der Waals surface area contributed by atoms with Crippen molar-refractivity contribution >= 4 is 5.76 Å². The van der Waals surface area contributed by atoms with Gasteiger partial charge in [-0.1, -0.05) is 72.5 Å². The first-order valence-electron chi connectivity index (χ1n) is 10.0. The largest absolute Gasteiger partial charge is 2.00 e. The Kier molecular flexibility index (Phi) is 9.76. The van der Waals surface area contributed by atoms with E-state index in [0.29, 0.717) is 17.9 Å². The van der Waals surface area contributed by atoms with Gasteiger partial charge in [-0.2, -0.15) is 18.2 Å². The van der Waals surface area contributed by atoms with E-state index in [1.807, 2.05) is 117 Å². The molecular formula is C28H26FeO2. The Bertz CT molecular complexity index is 1020. The molecule has 3 heteroatoms. The Morgan fingerprint density at radius 1 is 0.935 bits per heavy atom. The van der Waals surface area contributed by atoms with Crippen molar-refractivity contribution in [2.24, 2.45) is 0 Å². The van der Waals surface area contributed by atoms with Crippen LogP contribution in [0.3, 0.4) is 0 Å². The predicted molar refractivity (Wildman–Crippen MR) is 123 cm³/mol. The topological polar surface area (TPSA) is 32.3 Å². The van der Waals surface area contributed by atoms with Gasteiger partial charge in [-0.15, -0.1) is 0 Å². The van der Waals surface area contributed by atoms with Crippen molar-refractivity contribution in [3.8, 4) is 5.75 Å². The first kappa shape index (κ1) is 24.1. The van der Waals surface area contributed by atoms with E-state index in [-0.39, 0.29) is 22.8 Å². The maximum absolute atomic E-state index is 12.7. The minimum Gasteiger partial charge on any atom is -0.872 e. The average molecular weight is 450 g/mol. The van der Waals surface area contributed by atoms with Crippen molar-refractivity contribution < 1.29 is 26.9 Å². The van der Waals surface area contributed by atoms with E-state index in [4.69, 9.17) is 4.74 Å². The summed E-state index contributed by atoms with van der Waals surface area (Å²) in [6, 6.07) is 23.8. The van der Waals surface area contributed by atoms with Crippen LogP contribution in [0, 0.1) is 13.8 Å². The van der Waals surface area contributed by atoms with Crippen molar-refractivity contribution in [2.45, 2.75) is 20.5 Å². The molecular weight excluding hydrogens is 424 g/mol. The fourth-order valence-electron chi connectivity index (χ4n) is 2.92. The summed E-state index contributed by atoms with van der Waals surface area (Å²) >= 11 is 0. The molecule has 0 aromatic heterocycles. The molecule has 3 aromatic carbocycles. The number of ether oxygens (including phenoxy) is 1. The SMILES string of the molecule is Cc1cc(OCc2ccccc2)c(/C([O-])=C/C=C2C=CC=C2)cc1C.[Fe+2].c1cc[cH-]c1. The number of hydrogen-bond acceptors (Lipinski definition) is 2. The third kappa shape index (κ3) is 7.57. The Balaban J connectivity index is 0.000000501. The molecule has 0 radical (unpaired) electrons. The Labute approximate surface area is 195 Å². The van der Waals surface area contributed by atoms with Crippen molar-refractivity contribution in [2.75, 3.05) is 0 Å². The van der Waals surface area contributed by atoms with Crippen LogP contribution in [-0.4, -0.2) is 0 Å². The van der Waals surface area contributed by atoms with Gasteiger partial charge in [0.05, 0.1) is 0 Å². The van der Waals surface area contributed by atoms with E-state index in [1.54, 1.807) is 6.08 Å². The van der Waals surface area contributed by atoms with E-state index in [0.717, 1.165) is 22.3 Å². The number of benzene rings is 2. The number of rotatable bonds is 5. The zero-order chi connectivity index (χ0) is 21.2. The second kappa shape index (κ2) is 12.5. The molecule has 0 spiro atoms. The number of hydrogen-bond donors (Lipinski definition) is 0. The molecule has 0 N–H and O–H groups in total. The molecule has 0 atom stereocenters. The summed E-state index contributed by atoms with van der Waals surface area (Å²) in [7, 11) is 0. The molecule has 0 saturated heterocycles. The smallest absolute Gasteiger partial charge is 0.872 e. The summed E-state index contributed by atoms with van der Waals surface area (Å²) in [5.74, 6) is 0.580. The van der Waals surface area contributed by atoms with Gasteiger partial charge >= 0.3 is 17.1 Å². The fourth-order valence-corrected chi connectivity index (χ4v) is 2.92. The van der Waals surface area contributed by atoms with Crippen LogP contribution in [0.15, 0.2) is 115 Å². The second-order valence-electron chi connectivity index (χ2n) is 7.08. The molecule has 2 nitrogen and oxygen atoms in total. The third-order valence-corrected chi connectivity index (χ3v) is 4.77. The standard InChI is InChI=1S/C23H22O2.C5H5.Fe/c1-17-14-21(22(24)13-12-19-8-6-7-9-19)23(15-18(17)2)25-16-20-10-4-3-5-11-20;1-2-4-5-3-1;/h3-15,24H,16H2,1-2H3;1-5H;/q;-1;+2/p-1/b22-13-;;. The molecule has 31 heavy (non-hydrogen) atoms. The van der Waals surface area contributed by atoms with Crippen LogP contribution >= 0.6 is 0 Å². The van der Waals surface area contributed by atoms with E-state index >= 15 is 0 Å². The van der Waals surface area contributed by atoms with Gasteiger partial charge in [0.1, 0.15) is 12.4 Å². The Morgan fingerprint density at radius 2 is 1.58 bits per heavy atom. The molecule has 0 amide bonds. The van der Waals surface area contributed by atoms with Gasteiger partial charge < -0.3 is 9.84 Å². The molecule has 0 unspecified atom stereocenters. The van der Waals surface area contributed by atoms with E-state index in [9.17, 15) is 5.11 Å². The minimum atomic E-state index is -0.0487. The number of aryl methyl sites for hydroxylation is 2. The van der Waals surface area contributed by atoms with Gasteiger partial charge in [-0.25, -0.2) is 12.1 Å². The molecule has 0 saturated carbocycles. The predicted octanol–water partition coefficient (Wildman–Crippen LogP) is 6.04. The molecule has 0 fully saturated rings. The summed E-state index contributed by atoms with van der Waals surface area (Å²) in [6.07, 6.45) is 11.3. The monoisotopic (exact) mass is 450 g/mol. The van der Waals surface area contributed by atoms with Gasteiger partial charge in [0.2, 0.25) is 0 Å². The molecule has 3 aromatic rings. The normalized spacial score (nSPS) is 12.1.